The van der Waals surface area contributed by atoms with E-state index in [-0.39, 0.29) is 22.4 Å². The second-order valence-electron chi connectivity index (χ2n) is 12.8. The molecule has 154 valence electrons. The zero-order chi connectivity index (χ0) is 19.6. The summed E-state index contributed by atoms with van der Waals surface area (Å²) in [5.74, 6) is 5.18. The average Bonchev–Trinajstić information content (AvgIpc) is 3.57. The minimum absolute atomic E-state index is 0.0609. The van der Waals surface area contributed by atoms with Gasteiger partial charge >= 0.3 is 5.97 Å². The lowest BCUT2D eigenvalue weighted by Crippen LogP contribution is -2.58. The minimum Gasteiger partial charge on any atom is -0.458 e. The first kappa shape index (κ1) is 16.6. The minimum atomic E-state index is -0.136. The Labute approximate surface area is 173 Å². The van der Waals surface area contributed by atoms with E-state index in [4.69, 9.17) is 4.74 Å². The molecule has 8 rings (SSSR count). The molecule has 3 nitrogen and oxygen atoms in total. The van der Waals surface area contributed by atoms with Crippen molar-refractivity contribution < 1.29 is 14.3 Å². The van der Waals surface area contributed by atoms with Crippen molar-refractivity contribution >= 4 is 11.8 Å². The molecule has 0 N–H and O–H groups in total. The van der Waals surface area contributed by atoms with Gasteiger partial charge in [0.05, 0.1) is 0 Å². The third-order valence-electron chi connectivity index (χ3n) is 12.2. The Morgan fingerprint density at radius 2 is 1.79 bits per heavy atom. The molecule has 0 aromatic carbocycles. The zero-order valence-corrected chi connectivity index (χ0v) is 17.7. The van der Waals surface area contributed by atoms with E-state index in [1.165, 1.54) is 38.5 Å². The van der Waals surface area contributed by atoms with E-state index in [9.17, 15) is 9.59 Å². The van der Waals surface area contributed by atoms with Crippen LogP contribution in [0.3, 0.4) is 0 Å². The van der Waals surface area contributed by atoms with Gasteiger partial charge in [-0.15, -0.1) is 0 Å². The maximum atomic E-state index is 12.7. The Morgan fingerprint density at radius 1 is 0.966 bits per heavy atom. The van der Waals surface area contributed by atoms with Gasteiger partial charge in [0, 0.05) is 23.7 Å². The summed E-state index contributed by atoms with van der Waals surface area (Å²) in [6.45, 7) is 5.08. The largest absolute Gasteiger partial charge is 0.458 e. The van der Waals surface area contributed by atoms with Crippen LogP contribution in [0.1, 0.15) is 71.6 Å². The highest BCUT2D eigenvalue weighted by Crippen LogP contribution is 2.83. The molecule has 10 atom stereocenters. The van der Waals surface area contributed by atoms with Crippen LogP contribution in [-0.4, -0.2) is 17.4 Å². The van der Waals surface area contributed by atoms with Crippen LogP contribution in [-0.2, 0) is 14.3 Å². The fourth-order valence-electron chi connectivity index (χ4n) is 10.8. The standard InChI is InChI=1S/C26H32O3/c1-23-5-3-16-15(22(23)14-10-18(14)26(23)6-4-21(28)29-26)12-25(7-8-25)20-11-19(27)13-9-17(13)24(16,20)2/h11,13-18,22H,3-10,12H2,1-2H3/t13-,14?,15?,16?,17?,18+,22?,23+,24+,26+/m1/s1. The number of carbonyl (C=O) groups is 2. The number of hydrogen-bond acceptors (Lipinski definition) is 3. The summed E-state index contributed by atoms with van der Waals surface area (Å²) >= 11 is 0. The van der Waals surface area contributed by atoms with Gasteiger partial charge in [0.1, 0.15) is 5.60 Å². The van der Waals surface area contributed by atoms with Gasteiger partial charge in [0.15, 0.2) is 5.78 Å². The SMILES string of the molecule is C[C@@]12C(=CC(=O)[C@@H]3CC31)C1(CC1)CC1C2CC[C@@]2(C)C1C1C[C@@H]1[C@@]21CCC(=O)O1. The van der Waals surface area contributed by atoms with Crippen LogP contribution in [0.4, 0.5) is 0 Å². The van der Waals surface area contributed by atoms with Gasteiger partial charge in [-0.05, 0) is 97.9 Å². The van der Waals surface area contributed by atoms with E-state index in [2.05, 4.69) is 19.9 Å². The quantitative estimate of drug-likeness (QED) is 0.562. The number of ketones is 1. The molecule has 6 saturated carbocycles. The molecular formula is C26H32O3. The Balaban J connectivity index is 1.26. The molecule has 1 heterocycles. The fourth-order valence-corrected chi connectivity index (χ4v) is 10.8. The molecule has 3 heteroatoms. The summed E-state index contributed by atoms with van der Waals surface area (Å²) in [4.78, 5) is 24.9. The summed E-state index contributed by atoms with van der Waals surface area (Å²) in [5, 5.41) is 0. The molecule has 29 heavy (non-hydrogen) atoms. The predicted octanol–water partition coefficient (Wildman–Crippen LogP) is 4.70. The summed E-state index contributed by atoms with van der Waals surface area (Å²) in [7, 11) is 0. The number of hydrogen-bond donors (Lipinski definition) is 0. The maximum Gasteiger partial charge on any atom is 0.306 e. The van der Waals surface area contributed by atoms with Crippen LogP contribution >= 0.6 is 0 Å². The zero-order valence-electron chi connectivity index (χ0n) is 17.7. The number of carbonyl (C=O) groups excluding carboxylic acids is 2. The molecule has 7 aliphatic carbocycles. The molecule has 7 fully saturated rings. The highest BCUT2D eigenvalue weighted by atomic mass is 16.6. The number of esters is 1. The van der Waals surface area contributed by atoms with Gasteiger partial charge in [-0.1, -0.05) is 19.4 Å². The molecule has 0 aromatic rings. The Kier molecular flexibility index (Phi) is 2.52. The van der Waals surface area contributed by atoms with Crippen LogP contribution in [0, 0.1) is 57.7 Å². The molecule has 0 radical (unpaired) electrons. The summed E-state index contributed by atoms with van der Waals surface area (Å²) < 4.78 is 6.26. The normalized spacial score (nSPS) is 61.9. The molecule has 1 aliphatic heterocycles. The van der Waals surface area contributed by atoms with Crippen molar-refractivity contribution in [1.29, 1.82) is 0 Å². The first-order valence-electron chi connectivity index (χ1n) is 12.3. The van der Waals surface area contributed by atoms with E-state index in [0.29, 0.717) is 35.4 Å². The maximum absolute atomic E-state index is 12.7. The monoisotopic (exact) mass is 392 g/mol. The fraction of sp³-hybridized carbons (Fsp3) is 0.846. The smallest absolute Gasteiger partial charge is 0.306 e. The van der Waals surface area contributed by atoms with Gasteiger partial charge in [0.25, 0.3) is 0 Å². The molecule has 0 amide bonds. The van der Waals surface area contributed by atoms with Crippen molar-refractivity contribution in [1.82, 2.24) is 0 Å². The van der Waals surface area contributed by atoms with Crippen LogP contribution in [0.15, 0.2) is 11.6 Å². The third-order valence-corrected chi connectivity index (χ3v) is 12.2. The number of ether oxygens (including phenoxy) is 1. The van der Waals surface area contributed by atoms with Gasteiger partial charge < -0.3 is 4.74 Å². The molecule has 8 aliphatic rings. The summed E-state index contributed by atoms with van der Waals surface area (Å²) in [6.07, 6.45) is 12.6. The Bertz CT molecular complexity index is 928. The van der Waals surface area contributed by atoms with Crippen molar-refractivity contribution in [3.63, 3.8) is 0 Å². The number of allylic oxidation sites excluding steroid dienone is 1. The first-order valence-corrected chi connectivity index (χ1v) is 12.3. The number of fused-ring (bicyclic) bond motifs is 12. The molecule has 0 aromatic heterocycles. The van der Waals surface area contributed by atoms with Gasteiger partial charge in [0.2, 0.25) is 0 Å². The van der Waals surface area contributed by atoms with E-state index >= 15 is 0 Å². The third kappa shape index (κ3) is 1.57. The van der Waals surface area contributed by atoms with E-state index in [0.717, 1.165) is 36.5 Å². The topological polar surface area (TPSA) is 43.4 Å². The average molecular weight is 393 g/mol. The lowest BCUT2D eigenvalue weighted by atomic mass is 9.42. The number of rotatable bonds is 0. The molecular weight excluding hydrogens is 360 g/mol. The second kappa shape index (κ2) is 4.41. The summed E-state index contributed by atoms with van der Waals surface area (Å²) in [5.41, 5.74) is 2.26. The lowest BCUT2D eigenvalue weighted by Gasteiger charge is -2.62. The Morgan fingerprint density at radius 3 is 2.52 bits per heavy atom. The second-order valence-corrected chi connectivity index (χ2v) is 12.8. The van der Waals surface area contributed by atoms with Crippen molar-refractivity contribution in [2.75, 3.05) is 0 Å². The predicted molar refractivity (Wildman–Crippen MR) is 107 cm³/mol. The van der Waals surface area contributed by atoms with Crippen LogP contribution in [0.2, 0.25) is 0 Å². The molecule has 0 bridgehead atoms. The van der Waals surface area contributed by atoms with E-state index in [1.54, 1.807) is 5.57 Å². The summed E-state index contributed by atoms with van der Waals surface area (Å²) in [6, 6.07) is 0. The highest BCUT2D eigenvalue weighted by Gasteiger charge is 2.81. The van der Waals surface area contributed by atoms with Crippen molar-refractivity contribution in [2.24, 2.45) is 57.7 Å². The van der Waals surface area contributed by atoms with Crippen molar-refractivity contribution in [2.45, 2.75) is 77.2 Å². The lowest BCUT2D eigenvalue weighted by molar-refractivity contribution is -0.178. The van der Waals surface area contributed by atoms with Crippen LogP contribution < -0.4 is 0 Å². The van der Waals surface area contributed by atoms with E-state index in [1.807, 2.05) is 0 Å². The van der Waals surface area contributed by atoms with Gasteiger partial charge in [-0.25, -0.2) is 0 Å². The molecule has 5 unspecified atom stereocenters. The molecule has 2 spiro atoms. The van der Waals surface area contributed by atoms with Crippen LogP contribution in [0.25, 0.3) is 0 Å². The Hall–Kier alpha value is -1.12. The first-order chi connectivity index (χ1) is 13.8. The van der Waals surface area contributed by atoms with E-state index < -0.39 is 0 Å². The molecule has 1 saturated heterocycles. The highest BCUT2D eigenvalue weighted by molar-refractivity contribution is 5.96. The van der Waals surface area contributed by atoms with Crippen molar-refractivity contribution in [3.8, 4) is 0 Å². The van der Waals surface area contributed by atoms with Crippen LogP contribution in [0.5, 0.6) is 0 Å². The van der Waals surface area contributed by atoms with Gasteiger partial charge in [-0.3, -0.25) is 9.59 Å². The van der Waals surface area contributed by atoms with Gasteiger partial charge in [-0.2, -0.15) is 0 Å². The van der Waals surface area contributed by atoms with Crippen molar-refractivity contribution in [3.05, 3.63) is 11.6 Å².